The highest BCUT2D eigenvalue weighted by Crippen LogP contribution is 2.18. The molecule has 0 bridgehead atoms. The molecule has 1 aromatic carbocycles. The number of carbonyl (C=O) groups is 2. The summed E-state index contributed by atoms with van der Waals surface area (Å²) in [5, 5.41) is 4.56. The van der Waals surface area contributed by atoms with E-state index in [4.69, 9.17) is 16.1 Å². The maximum Gasteiger partial charge on any atom is 0.255 e. The predicted molar refractivity (Wildman–Crippen MR) is 120 cm³/mol. The van der Waals surface area contributed by atoms with E-state index in [0.29, 0.717) is 54.8 Å². The van der Waals surface area contributed by atoms with E-state index in [1.807, 2.05) is 21.9 Å². The van der Waals surface area contributed by atoms with E-state index in [1.165, 1.54) is 12.8 Å². The minimum Gasteiger partial charge on any atom is -0.343 e. The molecule has 2 saturated heterocycles. The van der Waals surface area contributed by atoms with Crippen LogP contribution in [0.3, 0.4) is 0 Å². The Bertz CT molecular complexity index is 918. The molecule has 2 amide bonds. The molecule has 2 aliphatic heterocycles. The first-order valence-electron chi connectivity index (χ1n) is 11.5. The third kappa shape index (κ3) is 5.86. The summed E-state index contributed by atoms with van der Waals surface area (Å²) in [7, 11) is 0. The number of rotatable bonds is 6. The molecule has 4 rings (SSSR count). The molecule has 2 aliphatic rings. The van der Waals surface area contributed by atoms with Crippen LogP contribution in [0, 0.1) is 0 Å². The highest BCUT2D eigenvalue weighted by Gasteiger charge is 2.24. The predicted octanol–water partition coefficient (Wildman–Crippen LogP) is 3.02. The molecule has 0 atom stereocenters. The van der Waals surface area contributed by atoms with Crippen LogP contribution in [-0.4, -0.2) is 75.9 Å². The second-order valence-corrected chi connectivity index (χ2v) is 8.85. The van der Waals surface area contributed by atoms with Gasteiger partial charge in [-0.1, -0.05) is 41.7 Å². The molecule has 9 heteroatoms. The van der Waals surface area contributed by atoms with Gasteiger partial charge in [-0.3, -0.25) is 14.5 Å². The number of hydrogen-bond donors (Lipinski definition) is 0. The Morgan fingerprint density at radius 3 is 2.38 bits per heavy atom. The summed E-state index contributed by atoms with van der Waals surface area (Å²) in [5.74, 6) is 1.26. The van der Waals surface area contributed by atoms with E-state index < -0.39 is 0 Å². The zero-order valence-corrected chi connectivity index (χ0v) is 19.1. The smallest absolute Gasteiger partial charge is 0.255 e. The summed E-state index contributed by atoms with van der Waals surface area (Å²) >= 11 is 6.16. The summed E-state index contributed by atoms with van der Waals surface area (Å²) in [6, 6.07) is 7.14. The molecule has 32 heavy (non-hydrogen) atoms. The minimum absolute atomic E-state index is 0.0360. The summed E-state index contributed by atoms with van der Waals surface area (Å²) in [6.45, 7) is 4.99. The van der Waals surface area contributed by atoms with Gasteiger partial charge in [-0.2, -0.15) is 4.98 Å². The van der Waals surface area contributed by atoms with Gasteiger partial charge in [0.1, 0.15) is 0 Å². The molecule has 3 heterocycles. The molecule has 0 unspecified atom stereocenters. The third-order valence-corrected chi connectivity index (χ3v) is 6.48. The number of nitrogens with zero attached hydrogens (tertiary/aromatic N) is 5. The molecule has 0 N–H and O–H groups in total. The first-order chi connectivity index (χ1) is 15.6. The Labute approximate surface area is 193 Å². The van der Waals surface area contributed by atoms with Crippen LogP contribution in [0.15, 0.2) is 28.8 Å². The van der Waals surface area contributed by atoms with E-state index in [9.17, 15) is 9.59 Å². The SMILES string of the molecule is O=C(CCc1nc(CN2CCN(C(=O)c3ccccc3Cl)CC2)no1)N1CCCCCC1. The van der Waals surface area contributed by atoms with Crippen molar-refractivity contribution in [1.29, 1.82) is 0 Å². The first-order valence-corrected chi connectivity index (χ1v) is 11.8. The number of halogens is 1. The van der Waals surface area contributed by atoms with Crippen molar-refractivity contribution < 1.29 is 14.1 Å². The Kier molecular flexibility index (Phi) is 7.76. The van der Waals surface area contributed by atoms with Gasteiger partial charge in [0, 0.05) is 52.1 Å². The molecule has 2 aromatic rings. The number of carbonyl (C=O) groups excluding carboxylic acids is 2. The summed E-state index contributed by atoms with van der Waals surface area (Å²) in [6.07, 6.45) is 5.48. The number of hydrogen-bond acceptors (Lipinski definition) is 6. The van der Waals surface area contributed by atoms with Crippen LogP contribution in [-0.2, 0) is 17.8 Å². The van der Waals surface area contributed by atoms with Gasteiger partial charge in [-0.15, -0.1) is 0 Å². The fraction of sp³-hybridized carbons (Fsp3) is 0.565. The topological polar surface area (TPSA) is 82.8 Å². The molecule has 1 aromatic heterocycles. The van der Waals surface area contributed by atoms with Gasteiger partial charge in [0.2, 0.25) is 11.8 Å². The van der Waals surface area contributed by atoms with Gasteiger partial charge < -0.3 is 14.3 Å². The van der Waals surface area contributed by atoms with Crippen LogP contribution in [0.2, 0.25) is 5.02 Å². The summed E-state index contributed by atoms with van der Waals surface area (Å²) < 4.78 is 5.36. The van der Waals surface area contributed by atoms with Gasteiger partial charge in [-0.25, -0.2) is 0 Å². The van der Waals surface area contributed by atoms with Gasteiger partial charge in [0.05, 0.1) is 17.1 Å². The van der Waals surface area contributed by atoms with Gasteiger partial charge in [0.25, 0.3) is 5.91 Å². The molecule has 8 nitrogen and oxygen atoms in total. The normalized spacial score (nSPS) is 17.9. The maximum atomic E-state index is 12.7. The second-order valence-electron chi connectivity index (χ2n) is 8.45. The molecule has 172 valence electrons. The van der Waals surface area contributed by atoms with Crippen LogP contribution in [0.4, 0.5) is 0 Å². The van der Waals surface area contributed by atoms with E-state index in [1.54, 1.807) is 12.1 Å². The highest BCUT2D eigenvalue weighted by atomic mass is 35.5. The fourth-order valence-corrected chi connectivity index (χ4v) is 4.48. The average molecular weight is 460 g/mol. The minimum atomic E-state index is -0.0360. The van der Waals surface area contributed by atoms with E-state index in [0.717, 1.165) is 39.0 Å². The van der Waals surface area contributed by atoms with Crippen molar-refractivity contribution in [3.8, 4) is 0 Å². The van der Waals surface area contributed by atoms with Gasteiger partial charge >= 0.3 is 0 Å². The monoisotopic (exact) mass is 459 g/mol. The van der Waals surface area contributed by atoms with E-state index in [-0.39, 0.29) is 11.8 Å². The quantitative estimate of drug-likeness (QED) is 0.660. The van der Waals surface area contributed by atoms with Crippen molar-refractivity contribution in [2.75, 3.05) is 39.3 Å². The zero-order valence-electron chi connectivity index (χ0n) is 18.3. The van der Waals surface area contributed by atoms with Crippen molar-refractivity contribution in [2.24, 2.45) is 0 Å². The first kappa shape index (κ1) is 22.7. The van der Waals surface area contributed by atoms with Crippen molar-refractivity contribution in [3.05, 3.63) is 46.6 Å². The molecule has 2 fully saturated rings. The molecule has 0 aliphatic carbocycles. The lowest BCUT2D eigenvalue weighted by Gasteiger charge is -2.34. The number of likely N-dealkylation sites (tertiary alicyclic amines) is 1. The number of amides is 2. The number of aryl methyl sites for hydroxylation is 1. The summed E-state index contributed by atoms with van der Waals surface area (Å²) in [5.41, 5.74) is 0.542. The Morgan fingerprint density at radius 1 is 0.938 bits per heavy atom. The van der Waals surface area contributed by atoms with Crippen molar-refractivity contribution in [2.45, 2.75) is 45.1 Å². The average Bonchev–Trinajstić information content (AvgIpc) is 3.07. The van der Waals surface area contributed by atoms with Gasteiger partial charge in [0.15, 0.2) is 5.82 Å². The molecular weight excluding hydrogens is 430 g/mol. The van der Waals surface area contributed by atoms with E-state index >= 15 is 0 Å². The van der Waals surface area contributed by atoms with Gasteiger partial charge in [-0.05, 0) is 25.0 Å². The van der Waals surface area contributed by atoms with Crippen LogP contribution in [0.1, 0.15) is 54.2 Å². The lowest BCUT2D eigenvalue weighted by molar-refractivity contribution is -0.131. The number of benzene rings is 1. The molecule has 0 radical (unpaired) electrons. The second kappa shape index (κ2) is 10.9. The fourth-order valence-electron chi connectivity index (χ4n) is 4.26. The largest absolute Gasteiger partial charge is 0.343 e. The molecule has 0 spiro atoms. The molecule has 0 saturated carbocycles. The maximum absolute atomic E-state index is 12.7. The van der Waals surface area contributed by atoms with Crippen LogP contribution < -0.4 is 0 Å². The Balaban J connectivity index is 1.22. The number of piperazine rings is 1. The zero-order chi connectivity index (χ0) is 22.3. The standard InChI is InChI=1S/C23H30ClN5O3/c24-19-8-4-3-7-18(19)23(31)29-15-13-27(14-16-29)17-20-25-21(32-26-20)9-10-22(30)28-11-5-1-2-6-12-28/h3-4,7-8H,1-2,5-6,9-17H2. The van der Waals surface area contributed by atoms with Crippen LogP contribution in [0.25, 0.3) is 0 Å². The molecular formula is C23H30ClN5O3. The third-order valence-electron chi connectivity index (χ3n) is 6.15. The van der Waals surface area contributed by atoms with Crippen LogP contribution in [0.5, 0.6) is 0 Å². The lowest BCUT2D eigenvalue weighted by Crippen LogP contribution is -2.48. The Hall–Kier alpha value is -2.45. The number of aromatic nitrogens is 2. The van der Waals surface area contributed by atoms with Crippen molar-refractivity contribution in [1.82, 2.24) is 24.8 Å². The van der Waals surface area contributed by atoms with Crippen LogP contribution >= 0.6 is 11.6 Å². The lowest BCUT2D eigenvalue weighted by atomic mass is 10.2. The summed E-state index contributed by atoms with van der Waals surface area (Å²) in [4.78, 5) is 35.6. The Morgan fingerprint density at radius 2 is 1.66 bits per heavy atom. The van der Waals surface area contributed by atoms with E-state index in [2.05, 4.69) is 15.0 Å². The van der Waals surface area contributed by atoms with Crippen molar-refractivity contribution >= 4 is 23.4 Å². The highest BCUT2D eigenvalue weighted by molar-refractivity contribution is 6.33. The van der Waals surface area contributed by atoms with Crippen molar-refractivity contribution in [3.63, 3.8) is 0 Å².